The van der Waals surface area contributed by atoms with Gasteiger partial charge in [0.1, 0.15) is 5.69 Å². The molecule has 0 saturated carbocycles. The van der Waals surface area contributed by atoms with Crippen molar-refractivity contribution in [3.05, 3.63) is 87.1 Å². The fourth-order valence-electron chi connectivity index (χ4n) is 4.44. The number of aliphatic carboxylic acids is 1. The fraction of sp³-hybridized carbons (Fsp3) is 0.320. The zero-order valence-electron chi connectivity index (χ0n) is 21.4. The standard InChI is InChI=1S/C25H21ClF6N6O4/c1-2-23(21(40)41,17-5-3-4-6-18(17)24(27,28)29)38-12-16(33-35-38)11-37-22(42)36(13-19(39)25(30,31)32)20(34-37)14-7-9-15(26)10-8-14/h3-10,12,19,39H,2,11,13H2,1H3,(H,40,41)/t19-,23?/m0/s1. The maximum Gasteiger partial charge on any atom is 0.416 e. The molecule has 0 aliphatic rings. The Morgan fingerprint density at radius 1 is 1.02 bits per heavy atom. The molecule has 2 atom stereocenters. The predicted octanol–water partition coefficient (Wildman–Crippen LogP) is 4.19. The van der Waals surface area contributed by atoms with E-state index >= 15 is 0 Å². The third-order valence-electron chi connectivity index (χ3n) is 6.55. The Bertz CT molecular complexity index is 1650. The molecule has 0 radical (unpaired) electrons. The van der Waals surface area contributed by atoms with Gasteiger partial charge in [-0.25, -0.2) is 19.0 Å². The Morgan fingerprint density at radius 2 is 1.64 bits per heavy atom. The van der Waals surface area contributed by atoms with Gasteiger partial charge in [0.05, 0.1) is 24.8 Å². The van der Waals surface area contributed by atoms with Crippen LogP contribution < -0.4 is 5.69 Å². The van der Waals surface area contributed by atoms with Crippen molar-refractivity contribution in [1.29, 1.82) is 0 Å². The van der Waals surface area contributed by atoms with Crippen molar-refractivity contribution < 1.29 is 41.4 Å². The minimum atomic E-state index is -5.05. The Kier molecular flexibility index (Phi) is 8.24. The van der Waals surface area contributed by atoms with E-state index in [0.717, 1.165) is 29.1 Å². The van der Waals surface area contributed by atoms with Crippen molar-refractivity contribution in [3.8, 4) is 11.4 Å². The van der Waals surface area contributed by atoms with Gasteiger partial charge in [-0.2, -0.15) is 26.3 Å². The number of hydrogen-bond donors (Lipinski definition) is 2. The van der Waals surface area contributed by atoms with E-state index in [1.165, 1.54) is 37.3 Å². The monoisotopic (exact) mass is 618 g/mol. The van der Waals surface area contributed by atoms with E-state index in [4.69, 9.17) is 11.6 Å². The number of aliphatic hydroxyl groups excluding tert-OH is 1. The van der Waals surface area contributed by atoms with Crippen molar-refractivity contribution in [1.82, 2.24) is 29.3 Å². The fourth-order valence-corrected chi connectivity index (χ4v) is 4.57. The first-order valence-electron chi connectivity index (χ1n) is 12.1. The molecule has 4 rings (SSSR count). The second kappa shape index (κ2) is 11.2. The molecule has 0 fully saturated rings. The van der Waals surface area contributed by atoms with Crippen molar-refractivity contribution in [3.63, 3.8) is 0 Å². The Labute approximate surface area is 237 Å². The number of benzene rings is 2. The van der Waals surface area contributed by atoms with Gasteiger partial charge < -0.3 is 10.2 Å². The molecule has 0 aliphatic carbocycles. The van der Waals surface area contributed by atoms with Gasteiger partial charge in [0.2, 0.25) is 0 Å². The predicted molar refractivity (Wildman–Crippen MR) is 135 cm³/mol. The number of carbonyl (C=O) groups is 1. The maximum absolute atomic E-state index is 13.8. The number of carboxylic acid groups (broad SMARTS) is 1. The lowest BCUT2D eigenvalue weighted by atomic mass is 9.84. The highest BCUT2D eigenvalue weighted by Gasteiger charge is 2.48. The Hall–Kier alpha value is -4.18. The lowest BCUT2D eigenvalue weighted by Gasteiger charge is -2.31. The summed E-state index contributed by atoms with van der Waals surface area (Å²) >= 11 is 5.87. The summed E-state index contributed by atoms with van der Waals surface area (Å²) in [5.41, 5.74) is -5.18. The van der Waals surface area contributed by atoms with E-state index in [0.29, 0.717) is 14.3 Å². The number of halogens is 7. The first-order chi connectivity index (χ1) is 19.6. The number of aromatic nitrogens is 6. The molecule has 0 amide bonds. The summed E-state index contributed by atoms with van der Waals surface area (Å²) in [4.78, 5) is 25.6. The molecule has 224 valence electrons. The van der Waals surface area contributed by atoms with Crippen LogP contribution in [0, 0.1) is 0 Å². The Balaban J connectivity index is 1.79. The second-order valence-electron chi connectivity index (χ2n) is 9.16. The molecule has 2 N–H and O–H groups in total. The molecule has 2 heterocycles. The molecule has 1 unspecified atom stereocenters. The Morgan fingerprint density at radius 3 is 2.19 bits per heavy atom. The van der Waals surface area contributed by atoms with E-state index in [2.05, 4.69) is 15.4 Å². The SMILES string of the molecule is CCC(C(=O)O)(c1ccccc1C(F)(F)F)n1cc(Cn2nc(-c3ccc(Cl)cc3)n(C[C@H](O)C(F)(F)F)c2=O)nn1. The number of alkyl halides is 6. The number of hydrogen-bond acceptors (Lipinski definition) is 6. The molecule has 17 heteroatoms. The van der Waals surface area contributed by atoms with Gasteiger partial charge >= 0.3 is 24.0 Å². The van der Waals surface area contributed by atoms with Crippen LogP contribution in [0.1, 0.15) is 30.2 Å². The number of rotatable bonds is 9. The van der Waals surface area contributed by atoms with Crippen LogP contribution in [0.15, 0.2) is 59.5 Å². The minimum Gasteiger partial charge on any atom is -0.479 e. The molecule has 42 heavy (non-hydrogen) atoms. The normalized spacial score (nSPS) is 14.5. The largest absolute Gasteiger partial charge is 0.479 e. The van der Waals surface area contributed by atoms with Crippen LogP contribution in [-0.4, -0.2) is 57.8 Å². The summed E-state index contributed by atoms with van der Waals surface area (Å²) in [6.45, 7) is -0.396. The van der Waals surface area contributed by atoms with Crippen LogP contribution in [0.2, 0.25) is 5.02 Å². The molecule has 0 bridgehead atoms. The second-order valence-corrected chi connectivity index (χ2v) is 9.59. The topological polar surface area (TPSA) is 128 Å². The van der Waals surface area contributed by atoms with Gasteiger partial charge in [0.25, 0.3) is 0 Å². The smallest absolute Gasteiger partial charge is 0.416 e. The van der Waals surface area contributed by atoms with Gasteiger partial charge in [-0.05, 0) is 36.8 Å². The van der Waals surface area contributed by atoms with Gasteiger partial charge in [-0.15, -0.1) is 10.2 Å². The molecule has 0 aliphatic heterocycles. The maximum atomic E-state index is 13.8. The van der Waals surface area contributed by atoms with Gasteiger partial charge in [0, 0.05) is 16.1 Å². The summed E-state index contributed by atoms with van der Waals surface area (Å²) in [5.74, 6) is -1.91. The van der Waals surface area contributed by atoms with Gasteiger partial charge in [-0.1, -0.05) is 41.9 Å². The quantitative estimate of drug-likeness (QED) is 0.269. The van der Waals surface area contributed by atoms with E-state index < -0.39 is 59.9 Å². The summed E-state index contributed by atoms with van der Waals surface area (Å²) in [5, 5.41) is 31.7. The minimum absolute atomic E-state index is 0.135. The molecule has 4 aromatic rings. The molecule has 2 aromatic carbocycles. The van der Waals surface area contributed by atoms with Crippen molar-refractivity contribution in [2.24, 2.45) is 0 Å². The summed E-state index contributed by atoms with van der Waals surface area (Å²) in [7, 11) is 0. The first kappa shape index (κ1) is 30.8. The molecule has 2 aromatic heterocycles. The highest BCUT2D eigenvalue weighted by atomic mass is 35.5. The van der Waals surface area contributed by atoms with Crippen molar-refractivity contribution in [2.75, 3.05) is 0 Å². The van der Waals surface area contributed by atoms with Crippen LogP contribution in [0.25, 0.3) is 11.4 Å². The first-order valence-corrected chi connectivity index (χ1v) is 12.5. The van der Waals surface area contributed by atoms with Gasteiger partial charge in [-0.3, -0.25) is 4.57 Å². The molecule has 0 saturated heterocycles. The highest BCUT2D eigenvalue weighted by Crippen LogP contribution is 2.40. The van der Waals surface area contributed by atoms with E-state index in [1.807, 2.05) is 0 Å². The van der Waals surface area contributed by atoms with Crippen LogP contribution in [0.3, 0.4) is 0 Å². The average molecular weight is 619 g/mol. The number of carboxylic acids is 1. The lowest BCUT2D eigenvalue weighted by molar-refractivity contribution is -0.207. The molecular weight excluding hydrogens is 598 g/mol. The third-order valence-corrected chi connectivity index (χ3v) is 6.80. The number of aliphatic hydroxyl groups is 1. The average Bonchev–Trinajstić information content (AvgIpc) is 3.50. The highest BCUT2D eigenvalue weighted by molar-refractivity contribution is 6.30. The zero-order valence-corrected chi connectivity index (χ0v) is 22.2. The van der Waals surface area contributed by atoms with E-state index in [-0.39, 0.29) is 23.5 Å². The molecule has 10 nitrogen and oxygen atoms in total. The van der Waals surface area contributed by atoms with Crippen LogP contribution in [0.5, 0.6) is 0 Å². The van der Waals surface area contributed by atoms with Gasteiger partial charge in [0.15, 0.2) is 17.5 Å². The number of nitrogens with zero attached hydrogens (tertiary/aromatic N) is 6. The van der Waals surface area contributed by atoms with Crippen molar-refractivity contribution >= 4 is 17.6 Å². The van der Waals surface area contributed by atoms with Crippen LogP contribution in [0.4, 0.5) is 26.3 Å². The zero-order chi connectivity index (χ0) is 31.0. The van der Waals surface area contributed by atoms with Crippen molar-refractivity contribution in [2.45, 2.75) is 50.4 Å². The van der Waals surface area contributed by atoms with E-state index in [1.54, 1.807) is 0 Å². The summed E-state index contributed by atoms with van der Waals surface area (Å²) < 4.78 is 82.8. The lowest BCUT2D eigenvalue weighted by Crippen LogP contribution is -2.44. The molecular formula is C25H21ClF6N6O4. The van der Waals surface area contributed by atoms with Crippen LogP contribution >= 0.6 is 11.6 Å². The third kappa shape index (κ3) is 5.76. The summed E-state index contributed by atoms with van der Waals surface area (Å²) in [6, 6.07) is 9.70. The van der Waals surface area contributed by atoms with E-state index in [9.17, 15) is 46.1 Å². The summed E-state index contributed by atoms with van der Waals surface area (Å²) in [6.07, 6.45) is -12.2. The molecule has 0 spiro atoms. The van der Waals surface area contributed by atoms with Crippen LogP contribution in [-0.2, 0) is 29.6 Å².